The van der Waals surface area contributed by atoms with Crippen molar-refractivity contribution in [2.24, 2.45) is 0 Å². The summed E-state index contributed by atoms with van der Waals surface area (Å²) >= 11 is 3.35. The Hall–Kier alpha value is -3.70. The van der Waals surface area contributed by atoms with E-state index in [-0.39, 0.29) is 6.61 Å². The molecule has 8 heteroatoms. The lowest BCUT2D eigenvalue weighted by atomic mass is 10.1. The van der Waals surface area contributed by atoms with Crippen LogP contribution in [-0.2, 0) is 6.61 Å². The van der Waals surface area contributed by atoms with Gasteiger partial charge in [-0.2, -0.15) is 5.26 Å². The third-order valence-corrected chi connectivity index (χ3v) is 5.31. The number of rotatable bonds is 6. The molecule has 0 amide bonds. The number of ether oxygens (including phenoxy) is 2. The highest BCUT2D eigenvalue weighted by atomic mass is 79.9. The molecule has 0 fully saturated rings. The third-order valence-electron chi connectivity index (χ3n) is 4.82. The molecule has 0 atom stereocenters. The smallest absolute Gasteiger partial charge is 0.159 e. The van der Waals surface area contributed by atoms with Crippen LogP contribution < -0.4 is 9.47 Å². The van der Waals surface area contributed by atoms with Crippen molar-refractivity contribution in [3.05, 3.63) is 88.0 Å². The molecule has 0 radical (unpaired) electrons. The average Bonchev–Trinajstić information content (AvgIpc) is 3.29. The van der Waals surface area contributed by atoms with Crippen LogP contribution in [-0.4, -0.2) is 17.1 Å². The number of H-pyrrole nitrogens is 1. The maximum absolute atomic E-state index is 13.5. The predicted molar refractivity (Wildman–Crippen MR) is 119 cm³/mol. The zero-order valence-corrected chi connectivity index (χ0v) is 18.4. The second kappa shape index (κ2) is 9.20. The molecule has 4 aromatic rings. The number of aromatic amines is 1. The summed E-state index contributed by atoms with van der Waals surface area (Å²) in [5.74, 6) is -0.342. The summed E-state index contributed by atoms with van der Waals surface area (Å²) < 4.78 is 38.9. The van der Waals surface area contributed by atoms with E-state index >= 15 is 0 Å². The van der Waals surface area contributed by atoms with E-state index in [2.05, 4.69) is 32.0 Å². The van der Waals surface area contributed by atoms with Gasteiger partial charge in [0, 0.05) is 27.2 Å². The van der Waals surface area contributed by atoms with E-state index in [0.717, 1.165) is 27.7 Å². The van der Waals surface area contributed by atoms with Crippen LogP contribution in [0, 0.1) is 23.0 Å². The Morgan fingerprint density at radius 2 is 1.91 bits per heavy atom. The predicted octanol–water partition coefficient (Wildman–Crippen LogP) is 6.24. The van der Waals surface area contributed by atoms with E-state index in [0.29, 0.717) is 34.1 Å². The molecule has 0 aliphatic carbocycles. The molecule has 1 N–H and O–H groups in total. The molecule has 0 aliphatic heterocycles. The summed E-state index contributed by atoms with van der Waals surface area (Å²) in [4.78, 5) is 7.37. The summed E-state index contributed by atoms with van der Waals surface area (Å²) in [5, 5.41) is 9.30. The lowest BCUT2D eigenvalue weighted by Crippen LogP contribution is -1.99. The van der Waals surface area contributed by atoms with E-state index in [1.54, 1.807) is 24.4 Å². The van der Waals surface area contributed by atoms with Gasteiger partial charge in [0.05, 0.1) is 30.6 Å². The van der Waals surface area contributed by atoms with Gasteiger partial charge in [-0.05, 0) is 42.5 Å². The van der Waals surface area contributed by atoms with Gasteiger partial charge < -0.3 is 14.5 Å². The molecule has 0 saturated carbocycles. The van der Waals surface area contributed by atoms with Crippen molar-refractivity contribution in [1.29, 1.82) is 5.26 Å². The first-order valence-corrected chi connectivity index (χ1v) is 10.3. The van der Waals surface area contributed by atoms with Gasteiger partial charge in [-0.15, -0.1) is 0 Å². The largest absolute Gasteiger partial charge is 0.496 e. The minimum absolute atomic E-state index is 0.225. The van der Waals surface area contributed by atoms with Gasteiger partial charge in [0.2, 0.25) is 0 Å². The van der Waals surface area contributed by atoms with Crippen molar-refractivity contribution in [2.75, 3.05) is 7.11 Å². The van der Waals surface area contributed by atoms with Crippen molar-refractivity contribution < 1.29 is 18.3 Å². The Balaban J connectivity index is 1.56. The Kier molecular flexibility index (Phi) is 6.19. The molecule has 0 bridgehead atoms. The van der Waals surface area contributed by atoms with E-state index in [9.17, 15) is 14.0 Å². The monoisotopic (exact) mass is 495 g/mol. The molecule has 1 heterocycles. The number of nitriles is 1. The molecule has 0 aliphatic rings. The molecule has 0 saturated heterocycles. The topological polar surface area (TPSA) is 70.9 Å². The fraction of sp³-hybridized carbons (Fsp3) is 0.0833. The van der Waals surface area contributed by atoms with Gasteiger partial charge in [-0.25, -0.2) is 13.8 Å². The number of hydrogen-bond acceptors (Lipinski definition) is 4. The van der Waals surface area contributed by atoms with Gasteiger partial charge in [0.25, 0.3) is 0 Å². The SMILES string of the molecule is COc1cc(OCc2ccc(Br)cc2C#N)ccc1-c1cnc(-c2ccc(F)c(F)c2)[nH]1. The van der Waals surface area contributed by atoms with Crippen LogP contribution >= 0.6 is 15.9 Å². The van der Waals surface area contributed by atoms with Crippen molar-refractivity contribution >= 4 is 15.9 Å². The number of nitrogens with one attached hydrogen (secondary N) is 1. The number of methoxy groups -OCH3 is 1. The second-order valence-electron chi connectivity index (χ2n) is 6.84. The van der Waals surface area contributed by atoms with E-state index in [1.807, 2.05) is 18.2 Å². The lowest BCUT2D eigenvalue weighted by molar-refractivity contribution is 0.303. The highest BCUT2D eigenvalue weighted by Gasteiger charge is 2.13. The summed E-state index contributed by atoms with van der Waals surface area (Å²) in [6, 6.07) is 16.5. The number of aromatic nitrogens is 2. The summed E-state index contributed by atoms with van der Waals surface area (Å²) in [6.45, 7) is 0.225. The highest BCUT2D eigenvalue weighted by molar-refractivity contribution is 9.10. The van der Waals surface area contributed by atoms with Gasteiger partial charge in [0.1, 0.15) is 23.9 Å². The van der Waals surface area contributed by atoms with Crippen LogP contribution in [0.3, 0.4) is 0 Å². The zero-order chi connectivity index (χ0) is 22.7. The summed E-state index contributed by atoms with van der Waals surface area (Å²) in [7, 11) is 1.54. The van der Waals surface area contributed by atoms with Crippen molar-refractivity contribution in [2.45, 2.75) is 6.61 Å². The van der Waals surface area contributed by atoms with Gasteiger partial charge in [0.15, 0.2) is 11.6 Å². The normalized spacial score (nSPS) is 10.6. The lowest BCUT2D eigenvalue weighted by Gasteiger charge is -2.12. The van der Waals surface area contributed by atoms with E-state index in [4.69, 9.17) is 9.47 Å². The minimum Gasteiger partial charge on any atom is -0.496 e. The minimum atomic E-state index is -0.940. The maximum Gasteiger partial charge on any atom is 0.159 e. The molecule has 1 aromatic heterocycles. The summed E-state index contributed by atoms with van der Waals surface area (Å²) in [5.41, 5.74) is 3.10. The first kappa shape index (κ1) is 21.5. The second-order valence-corrected chi connectivity index (χ2v) is 7.75. The Labute approximate surface area is 191 Å². The molecular formula is C24H16BrF2N3O2. The van der Waals surface area contributed by atoms with Crippen LogP contribution in [0.1, 0.15) is 11.1 Å². The molecule has 3 aromatic carbocycles. The molecular weight excluding hydrogens is 480 g/mol. The van der Waals surface area contributed by atoms with E-state index < -0.39 is 11.6 Å². The summed E-state index contributed by atoms with van der Waals surface area (Å²) in [6.07, 6.45) is 1.59. The Bertz CT molecular complexity index is 1330. The van der Waals surface area contributed by atoms with Crippen LogP contribution in [0.15, 0.2) is 65.3 Å². The van der Waals surface area contributed by atoms with Crippen molar-refractivity contribution in [1.82, 2.24) is 9.97 Å². The standard InChI is InChI=1S/C24H16BrF2N3O2/c1-31-23-10-18(32-13-15-2-4-17(25)8-16(15)11-28)5-6-19(23)22-12-29-24(30-22)14-3-7-20(26)21(27)9-14/h2-10,12H,13H2,1H3,(H,29,30). The number of imidazole rings is 1. The third kappa shape index (κ3) is 4.48. The molecule has 4 rings (SSSR count). The van der Waals surface area contributed by atoms with Crippen LogP contribution in [0.25, 0.3) is 22.6 Å². The zero-order valence-electron chi connectivity index (χ0n) is 16.8. The van der Waals surface area contributed by atoms with Crippen LogP contribution in [0.5, 0.6) is 11.5 Å². The number of benzene rings is 3. The quantitative estimate of drug-likeness (QED) is 0.343. The Morgan fingerprint density at radius 3 is 2.66 bits per heavy atom. The van der Waals surface area contributed by atoms with Crippen LogP contribution in [0.4, 0.5) is 8.78 Å². The number of nitrogens with zero attached hydrogens (tertiary/aromatic N) is 2. The van der Waals surface area contributed by atoms with Crippen molar-refractivity contribution in [3.8, 4) is 40.2 Å². The van der Waals surface area contributed by atoms with Crippen molar-refractivity contribution in [3.63, 3.8) is 0 Å². The molecule has 5 nitrogen and oxygen atoms in total. The highest BCUT2D eigenvalue weighted by Crippen LogP contribution is 2.34. The van der Waals surface area contributed by atoms with Crippen LogP contribution in [0.2, 0.25) is 0 Å². The first-order chi connectivity index (χ1) is 15.5. The first-order valence-electron chi connectivity index (χ1n) is 9.48. The fourth-order valence-electron chi connectivity index (χ4n) is 3.17. The average molecular weight is 496 g/mol. The number of hydrogen-bond donors (Lipinski definition) is 1. The molecule has 0 spiro atoms. The van der Waals surface area contributed by atoms with E-state index in [1.165, 1.54) is 13.2 Å². The van der Waals surface area contributed by atoms with Gasteiger partial charge >= 0.3 is 0 Å². The molecule has 32 heavy (non-hydrogen) atoms. The number of halogens is 3. The molecule has 0 unspecified atom stereocenters. The fourth-order valence-corrected chi connectivity index (χ4v) is 3.53. The van der Waals surface area contributed by atoms with Gasteiger partial charge in [-0.3, -0.25) is 0 Å². The maximum atomic E-state index is 13.5. The Morgan fingerprint density at radius 1 is 1.06 bits per heavy atom. The molecule has 160 valence electrons. The van der Waals surface area contributed by atoms with Gasteiger partial charge in [-0.1, -0.05) is 22.0 Å².